The minimum absolute atomic E-state index is 0.338. The Morgan fingerprint density at radius 1 is 1.00 bits per heavy atom. The fourth-order valence-electron chi connectivity index (χ4n) is 2.63. The van der Waals surface area contributed by atoms with Gasteiger partial charge in [-0.25, -0.2) is 9.97 Å². The van der Waals surface area contributed by atoms with Crippen molar-refractivity contribution in [2.45, 2.75) is 32.7 Å². The van der Waals surface area contributed by atoms with E-state index in [4.69, 9.17) is 0 Å². The van der Waals surface area contributed by atoms with Gasteiger partial charge in [0, 0.05) is 35.8 Å². The van der Waals surface area contributed by atoms with Gasteiger partial charge in [-0.05, 0) is 44.4 Å². The van der Waals surface area contributed by atoms with Crippen molar-refractivity contribution in [3.8, 4) is 11.4 Å². The third-order valence-corrected chi connectivity index (χ3v) is 3.90. The molecule has 122 valence electrons. The second-order valence-corrected chi connectivity index (χ2v) is 6.02. The molecule has 3 aromatic rings. The number of aryl methyl sites for hydroxylation is 2. The highest BCUT2D eigenvalue weighted by Crippen LogP contribution is 2.18. The zero-order chi connectivity index (χ0) is 16.8. The van der Waals surface area contributed by atoms with Crippen LogP contribution in [-0.2, 0) is 6.42 Å². The van der Waals surface area contributed by atoms with Crippen molar-refractivity contribution >= 4 is 5.82 Å². The number of nitrogens with zero attached hydrogens (tertiary/aromatic N) is 3. The lowest BCUT2D eigenvalue weighted by molar-refractivity contribution is 0.702. The van der Waals surface area contributed by atoms with Gasteiger partial charge in [0.2, 0.25) is 0 Å². The molecule has 4 nitrogen and oxygen atoms in total. The van der Waals surface area contributed by atoms with E-state index in [0.717, 1.165) is 35.7 Å². The zero-order valence-corrected chi connectivity index (χ0v) is 14.1. The molecule has 2 aromatic heterocycles. The standard InChI is InChI=1S/C20H22N4/c1-15(8-9-17-6-4-3-5-7-17)22-19-14-16(2)23-20(24-19)18-10-12-21-13-11-18/h3-7,10-15H,8-9H2,1-2H3,(H,22,23,24)/t15-/m0/s1. The number of pyridine rings is 1. The summed E-state index contributed by atoms with van der Waals surface area (Å²) in [5.74, 6) is 1.60. The van der Waals surface area contributed by atoms with E-state index >= 15 is 0 Å². The maximum atomic E-state index is 4.65. The first-order chi connectivity index (χ1) is 11.7. The third-order valence-electron chi connectivity index (χ3n) is 3.90. The van der Waals surface area contributed by atoms with E-state index in [9.17, 15) is 0 Å². The maximum absolute atomic E-state index is 4.65. The highest BCUT2D eigenvalue weighted by atomic mass is 15.0. The van der Waals surface area contributed by atoms with Crippen LogP contribution < -0.4 is 5.32 Å². The van der Waals surface area contributed by atoms with Crippen molar-refractivity contribution in [2.24, 2.45) is 0 Å². The van der Waals surface area contributed by atoms with Crippen LogP contribution >= 0.6 is 0 Å². The molecule has 3 rings (SSSR count). The summed E-state index contributed by atoms with van der Waals surface area (Å²) < 4.78 is 0. The van der Waals surface area contributed by atoms with Gasteiger partial charge in [-0.15, -0.1) is 0 Å². The molecule has 0 unspecified atom stereocenters. The first kappa shape index (κ1) is 16.1. The molecule has 4 heteroatoms. The molecule has 0 radical (unpaired) electrons. The minimum Gasteiger partial charge on any atom is -0.367 e. The number of rotatable bonds is 6. The molecule has 0 aliphatic rings. The van der Waals surface area contributed by atoms with Gasteiger partial charge in [0.25, 0.3) is 0 Å². The fraction of sp³-hybridized carbons (Fsp3) is 0.250. The maximum Gasteiger partial charge on any atom is 0.161 e. The van der Waals surface area contributed by atoms with Gasteiger partial charge >= 0.3 is 0 Å². The number of benzene rings is 1. The van der Waals surface area contributed by atoms with Gasteiger partial charge in [0.15, 0.2) is 5.82 Å². The summed E-state index contributed by atoms with van der Waals surface area (Å²) in [4.78, 5) is 13.2. The Balaban J connectivity index is 1.67. The van der Waals surface area contributed by atoms with E-state index in [1.165, 1.54) is 5.56 Å². The summed E-state index contributed by atoms with van der Waals surface area (Å²) >= 11 is 0. The lowest BCUT2D eigenvalue weighted by Crippen LogP contribution is -2.17. The van der Waals surface area contributed by atoms with Crippen LogP contribution in [-0.4, -0.2) is 21.0 Å². The molecule has 0 spiro atoms. The Labute approximate surface area is 143 Å². The van der Waals surface area contributed by atoms with Crippen LogP contribution in [0, 0.1) is 6.92 Å². The van der Waals surface area contributed by atoms with E-state index < -0.39 is 0 Å². The lowest BCUT2D eigenvalue weighted by Gasteiger charge is -2.15. The molecule has 1 aromatic carbocycles. The molecule has 24 heavy (non-hydrogen) atoms. The molecule has 0 aliphatic heterocycles. The first-order valence-corrected chi connectivity index (χ1v) is 8.27. The van der Waals surface area contributed by atoms with Crippen LogP contribution in [0.25, 0.3) is 11.4 Å². The van der Waals surface area contributed by atoms with Crippen LogP contribution in [0.2, 0.25) is 0 Å². The Bertz CT molecular complexity index is 772. The number of anilines is 1. The number of hydrogen-bond donors (Lipinski definition) is 1. The van der Waals surface area contributed by atoms with Gasteiger partial charge in [0.05, 0.1) is 0 Å². The van der Waals surface area contributed by atoms with Gasteiger partial charge in [-0.2, -0.15) is 0 Å². The topological polar surface area (TPSA) is 50.7 Å². The van der Waals surface area contributed by atoms with E-state index in [2.05, 4.69) is 57.5 Å². The highest BCUT2D eigenvalue weighted by molar-refractivity contribution is 5.56. The van der Waals surface area contributed by atoms with Crippen LogP contribution in [0.5, 0.6) is 0 Å². The van der Waals surface area contributed by atoms with Crippen molar-refractivity contribution in [3.05, 3.63) is 72.2 Å². The second-order valence-electron chi connectivity index (χ2n) is 6.02. The monoisotopic (exact) mass is 318 g/mol. The van der Waals surface area contributed by atoms with Gasteiger partial charge in [-0.3, -0.25) is 4.98 Å². The van der Waals surface area contributed by atoms with Crippen molar-refractivity contribution in [1.82, 2.24) is 15.0 Å². The van der Waals surface area contributed by atoms with Crippen molar-refractivity contribution in [1.29, 1.82) is 0 Å². The predicted octanol–water partition coefficient (Wildman–Crippen LogP) is 4.28. The van der Waals surface area contributed by atoms with Crippen LogP contribution in [0.15, 0.2) is 60.9 Å². The fourth-order valence-corrected chi connectivity index (χ4v) is 2.63. The molecule has 0 saturated carbocycles. The molecule has 1 N–H and O–H groups in total. The summed E-state index contributed by atoms with van der Waals surface area (Å²) in [6.07, 6.45) is 5.63. The molecule has 2 heterocycles. The van der Waals surface area contributed by atoms with Gasteiger partial charge < -0.3 is 5.32 Å². The average molecular weight is 318 g/mol. The summed E-state index contributed by atoms with van der Waals surface area (Å²) in [5, 5.41) is 3.50. The van der Waals surface area contributed by atoms with Crippen molar-refractivity contribution in [2.75, 3.05) is 5.32 Å². The largest absolute Gasteiger partial charge is 0.367 e. The quantitative estimate of drug-likeness (QED) is 0.737. The lowest BCUT2D eigenvalue weighted by atomic mass is 10.1. The smallest absolute Gasteiger partial charge is 0.161 e. The predicted molar refractivity (Wildman–Crippen MR) is 97.8 cm³/mol. The Morgan fingerprint density at radius 2 is 1.75 bits per heavy atom. The molecular weight excluding hydrogens is 296 g/mol. The van der Waals surface area contributed by atoms with Crippen LogP contribution in [0.3, 0.4) is 0 Å². The van der Waals surface area contributed by atoms with Crippen LogP contribution in [0.1, 0.15) is 24.6 Å². The zero-order valence-electron chi connectivity index (χ0n) is 14.1. The number of hydrogen-bond acceptors (Lipinski definition) is 4. The number of nitrogens with one attached hydrogen (secondary N) is 1. The Morgan fingerprint density at radius 3 is 2.50 bits per heavy atom. The van der Waals surface area contributed by atoms with Gasteiger partial charge in [-0.1, -0.05) is 30.3 Å². The Kier molecular flexibility index (Phi) is 5.16. The average Bonchev–Trinajstić information content (AvgIpc) is 2.61. The van der Waals surface area contributed by atoms with Gasteiger partial charge in [0.1, 0.15) is 5.82 Å². The third kappa shape index (κ3) is 4.38. The molecule has 0 fully saturated rings. The molecule has 0 amide bonds. The normalized spacial score (nSPS) is 11.9. The summed E-state index contributed by atoms with van der Waals surface area (Å²) in [6, 6.07) is 16.7. The molecule has 0 aliphatic carbocycles. The second kappa shape index (κ2) is 7.68. The first-order valence-electron chi connectivity index (χ1n) is 8.27. The summed E-state index contributed by atoms with van der Waals surface area (Å²) in [5.41, 5.74) is 3.30. The summed E-state index contributed by atoms with van der Waals surface area (Å²) in [6.45, 7) is 4.18. The molecule has 0 bridgehead atoms. The van der Waals surface area contributed by atoms with E-state index in [1.54, 1.807) is 12.4 Å². The highest BCUT2D eigenvalue weighted by Gasteiger charge is 2.08. The minimum atomic E-state index is 0.338. The Hall–Kier alpha value is -2.75. The van der Waals surface area contributed by atoms with Crippen molar-refractivity contribution in [3.63, 3.8) is 0 Å². The summed E-state index contributed by atoms with van der Waals surface area (Å²) in [7, 11) is 0. The van der Waals surface area contributed by atoms with E-state index in [1.807, 2.05) is 25.1 Å². The molecule has 0 saturated heterocycles. The molecule has 1 atom stereocenters. The van der Waals surface area contributed by atoms with Crippen LogP contribution in [0.4, 0.5) is 5.82 Å². The van der Waals surface area contributed by atoms with Crippen molar-refractivity contribution < 1.29 is 0 Å². The van der Waals surface area contributed by atoms with E-state index in [-0.39, 0.29) is 0 Å². The molecular formula is C20H22N4. The number of aromatic nitrogens is 3. The SMILES string of the molecule is Cc1cc(N[C@@H](C)CCc2ccccc2)nc(-c2ccncc2)n1. The van der Waals surface area contributed by atoms with E-state index in [0.29, 0.717) is 6.04 Å².